The van der Waals surface area contributed by atoms with Gasteiger partial charge in [0.05, 0.1) is 19.8 Å². The standard InChI is InChI=1S/C18H29FN4O.HI/c1-18(2,15-5-3-6-16(19)13-15)14-22-17(20)21-7-4-8-23-9-11-24-12-10-23;/h3,5-6,13H,4,7-12,14H2,1-2H3,(H3,20,21,22);1H. The van der Waals surface area contributed by atoms with E-state index in [4.69, 9.17) is 10.5 Å². The van der Waals surface area contributed by atoms with Gasteiger partial charge in [0.2, 0.25) is 0 Å². The first-order valence-electron chi connectivity index (χ1n) is 8.57. The summed E-state index contributed by atoms with van der Waals surface area (Å²) >= 11 is 0. The molecule has 0 aliphatic carbocycles. The van der Waals surface area contributed by atoms with Crippen LogP contribution in [0.4, 0.5) is 4.39 Å². The fraction of sp³-hybridized carbons (Fsp3) is 0.611. The molecule has 0 amide bonds. The second-order valence-corrected chi connectivity index (χ2v) is 6.83. The fourth-order valence-corrected chi connectivity index (χ4v) is 2.68. The van der Waals surface area contributed by atoms with E-state index >= 15 is 0 Å². The summed E-state index contributed by atoms with van der Waals surface area (Å²) < 4.78 is 18.7. The van der Waals surface area contributed by atoms with Gasteiger partial charge in [0.1, 0.15) is 5.82 Å². The van der Waals surface area contributed by atoms with E-state index in [0.717, 1.165) is 51.4 Å². The van der Waals surface area contributed by atoms with Gasteiger partial charge in [-0.25, -0.2) is 4.39 Å². The molecule has 5 nitrogen and oxygen atoms in total. The van der Waals surface area contributed by atoms with Crippen molar-refractivity contribution in [2.45, 2.75) is 25.7 Å². The average Bonchev–Trinajstić information content (AvgIpc) is 2.58. The Labute approximate surface area is 167 Å². The van der Waals surface area contributed by atoms with Gasteiger partial charge in [0.15, 0.2) is 5.96 Å². The molecule has 0 atom stereocenters. The Morgan fingerprint density at radius 2 is 2.08 bits per heavy atom. The molecule has 0 bridgehead atoms. The molecule has 0 spiro atoms. The largest absolute Gasteiger partial charge is 0.379 e. The van der Waals surface area contributed by atoms with Crippen molar-refractivity contribution in [2.24, 2.45) is 10.7 Å². The summed E-state index contributed by atoms with van der Waals surface area (Å²) in [6.07, 6.45) is 1.02. The number of rotatable bonds is 7. The first-order valence-corrected chi connectivity index (χ1v) is 8.57. The number of nitrogens with two attached hydrogens (primary N) is 1. The number of benzene rings is 1. The highest BCUT2D eigenvalue weighted by Crippen LogP contribution is 2.23. The maximum Gasteiger partial charge on any atom is 0.188 e. The van der Waals surface area contributed by atoms with Crippen LogP contribution in [-0.2, 0) is 10.2 Å². The van der Waals surface area contributed by atoms with Crippen LogP contribution in [0.1, 0.15) is 25.8 Å². The summed E-state index contributed by atoms with van der Waals surface area (Å²) in [5.41, 5.74) is 6.60. The molecule has 3 N–H and O–H groups in total. The van der Waals surface area contributed by atoms with Crippen molar-refractivity contribution in [2.75, 3.05) is 45.9 Å². The Hall–Kier alpha value is -0.930. The van der Waals surface area contributed by atoms with Crippen molar-refractivity contribution in [3.05, 3.63) is 35.6 Å². The van der Waals surface area contributed by atoms with E-state index < -0.39 is 0 Å². The first-order chi connectivity index (χ1) is 11.5. The maximum absolute atomic E-state index is 13.4. The van der Waals surface area contributed by atoms with E-state index in [1.807, 2.05) is 19.9 Å². The van der Waals surface area contributed by atoms with Crippen LogP contribution >= 0.6 is 24.0 Å². The Balaban J connectivity index is 0.00000312. The number of guanidine groups is 1. The van der Waals surface area contributed by atoms with Crippen LogP contribution < -0.4 is 11.1 Å². The lowest BCUT2D eigenvalue weighted by Gasteiger charge is -2.26. The molecule has 0 radical (unpaired) electrons. The minimum atomic E-state index is -0.262. The molecular weight excluding hydrogens is 434 g/mol. The number of halogens is 2. The third kappa shape index (κ3) is 7.87. The molecule has 1 heterocycles. The predicted octanol–water partition coefficient (Wildman–Crippen LogP) is 2.35. The molecule has 25 heavy (non-hydrogen) atoms. The third-order valence-corrected chi connectivity index (χ3v) is 4.31. The van der Waals surface area contributed by atoms with Gasteiger partial charge in [-0.15, -0.1) is 24.0 Å². The second-order valence-electron chi connectivity index (χ2n) is 6.83. The average molecular weight is 464 g/mol. The number of nitrogens with one attached hydrogen (secondary N) is 1. The van der Waals surface area contributed by atoms with E-state index in [-0.39, 0.29) is 35.2 Å². The number of ether oxygens (including phenoxy) is 1. The molecule has 0 unspecified atom stereocenters. The Bertz CT molecular complexity index is 548. The quantitative estimate of drug-likeness (QED) is 0.282. The highest BCUT2D eigenvalue weighted by molar-refractivity contribution is 14.0. The van der Waals surface area contributed by atoms with E-state index in [9.17, 15) is 4.39 Å². The molecule has 1 aliphatic rings. The van der Waals surface area contributed by atoms with Crippen LogP contribution in [0.25, 0.3) is 0 Å². The van der Waals surface area contributed by atoms with Crippen LogP contribution in [0.15, 0.2) is 29.3 Å². The van der Waals surface area contributed by atoms with Crippen LogP contribution in [0.2, 0.25) is 0 Å². The van der Waals surface area contributed by atoms with Crippen molar-refractivity contribution >= 4 is 29.9 Å². The van der Waals surface area contributed by atoms with Gasteiger partial charge in [0.25, 0.3) is 0 Å². The van der Waals surface area contributed by atoms with Crippen molar-refractivity contribution in [3.8, 4) is 0 Å². The van der Waals surface area contributed by atoms with Crippen LogP contribution in [0.3, 0.4) is 0 Å². The second kappa shape index (κ2) is 10.9. The molecule has 1 aliphatic heterocycles. The lowest BCUT2D eigenvalue weighted by molar-refractivity contribution is 0.0376. The highest BCUT2D eigenvalue weighted by Gasteiger charge is 2.20. The normalized spacial score (nSPS) is 16.4. The number of aliphatic imine (C=N–C) groups is 1. The monoisotopic (exact) mass is 464 g/mol. The van der Waals surface area contributed by atoms with Gasteiger partial charge in [-0.1, -0.05) is 26.0 Å². The topological polar surface area (TPSA) is 62.9 Å². The summed E-state index contributed by atoms with van der Waals surface area (Å²) in [5, 5.41) is 3.15. The summed E-state index contributed by atoms with van der Waals surface area (Å²) in [6, 6.07) is 6.66. The van der Waals surface area contributed by atoms with Crippen molar-refractivity contribution < 1.29 is 9.13 Å². The van der Waals surface area contributed by atoms with Crippen molar-refractivity contribution in [3.63, 3.8) is 0 Å². The summed E-state index contributed by atoms with van der Waals surface area (Å²) in [5.74, 6) is 0.222. The van der Waals surface area contributed by atoms with Gasteiger partial charge in [-0.05, 0) is 30.7 Å². The lowest BCUT2D eigenvalue weighted by Crippen LogP contribution is -2.39. The predicted molar refractivity (Wildman–Crippen MR) is 111 cm³/mol. The fourth-order valence-electron chi connectivity index (χ4n) is 2.68. The zero-order chi connectivity index (χ0) is 17.4. The van der Waals surface area contributed by atoms with Crippen LogP contribution in [0, 0.1) is 5.82 Å². The molecule has 0 saturated carbocycles. The van der Waals surface area contributed by atoms with Gasteiger partial charge in [0, 0.05) is 25.0 Å². The van der Waals surface area contributed by atoms with E-state index in [2.05, 4.69) is 15.2 Å². The number of hydrogen-bond acceptors (Lipinski definition) is 3. The van der Waals surface area contributed by atoms with Gasteiger partial charge < -0.3 is 15.8 Å². The number of hydrogen-bond donors (Lipinski definition) is 2. The highest BCUT2D eigenvalue weighted by atomic mass is 127. The molecule has 1 fully saturated rings. The number of nitrogens with zero attached hydrogens (tertiary/aromatic N) is 2. The molecule has 1 saturated heterocycles. The van der Waals surface area contributed by atoms with Crippen molar-refractivity contribution in [1.29, 1.82) is 0 Å². The Kier molecular flexibility index (Phi) is 9.66. The van der Waals surface area contributed by atoms with Crippen LogP contribution in [-0.4, -0.2) is 56.8 Å². The molecule has 7 heteroatoms. The molecule has 1 aromatic rings. The zero-order valence-electron chi connectivity index (χ0n) is 15.1. The van der Waals surface area contributed by atoms with Gasteiger partial charge >= 0.3 is 0 Å². The third-order valence-electron chi connectivity index (χ3n) is 4.31. The lowest BCUT2D eigenvalue weighted by atomic mass is 9.85. The molecular formula is C18H30FIN4O. The molecule has 0 aromatic heterocycles. The summed E-state index contributed by atoms with van der Waals surface area (Å²) in [4.78, 5) is 6.81. The Morgan fingerprint density at radius 3 is 2.76 bits per heavy atom. The zero-order valence-corrected chi connectivity index (χ0v) is 17.5. The minimum Gasteiger partial charge on any atom is -0.379 e. The SMILES string of the molecule is CC(C)(CN=C(N)NCCCN1CCOCC1)c1cccc(F)c1.I. The smallest absolute Gasteiger partial charge is 0.188 e. The number of morpholine rings is 1. The van der Waals surface area contributed by atoms with E-state index in [1.54, 1.807) is 12.1 Å². The van der Waals surface area contributed by atoms with E-state index in [1.165, 1.54) is 6.07 Å². The molecule has 142 valence electrons. The minimum absolute atomic E-state index is 0. The van der Waals surface area contributed by atoms with Gasteiger partial charge in [-0.3, -0.25) is 9.89 Å². The molecule has 1 aromatic carbocycles. The molecule has 2 rings (SSSR count). The Morgan fingerprint density at radius 1 is 1.36 bits per heavy atom. The maximum atomic E-state index is 13.4. The first kappa shape index (κ1) is 22.1. The van der Waals surface area contributed by atoms with E-state index in [0.29, 0.717) is 12.5 Å². The summed E-state index contributed by atoms with van der Waals surface area (Å²) in [7, 11) is 0. The van der Waals surface area contributed by atoms with Crippen LogP contribution in [0.5, 0.6) is 0 Å². The van der Waals surface area contributed by atoms with Gasteiger partial charge in [-0.2, -0.15) is 0 Å². The van der Waals surface area contributed by atoms with Crippen molar-refractivity contribution in [1.82, 2.24) is 10.2 Å². The summed E-state index contributed by atoms with van der Waals surface area (Å²) in [6.45, 7) is 10.1.